The highest BCUT2D eigenvalue weighted by atomic mass is 16.1. The lowest BCUT2D eigenvalue weighted by molar-refractivity contribution is -0.126. The maximum absolute atomic E-state index is 13.0. The van der Waals surface area contributed by atoms with Crippen LogP contribution >= 0.6 is 0 Å². The first-order valence-electron chi connectivity index (χ1n) is 11.5. The average Bonchev–Trinajstić information content (AvgIpc) is 3.08. The van der Waals surface area contributed by atoms with Gasteiger partial charge >= 0.3 is 0 Å². The maximum atomic E-state index is 13.0. The quantitative estimate of drug-likeness (QED) is 0.798. The minimum absolute atomic E-state index is 0.146. The molecule has 1 amide bonds. The largest absolute Gasteiger partial charge is 0.399 e. The van der Waals surface area contributed by atoms with E-state index in [1.54, 1.807) is 6.20 Å². The van der Waals surface area contributed by atoms with E-state index in [-0.39, 0.29) is 23.3 Å². The predicted octanol–water partition coefficient (Wildman–Crippen LogP) is 4.34. The van der Waals surface area contributed by atoms with Crippen LogP contribution in [-0.2, 0) is 10.2 Å². The summed E-state index contributed by atoms with van der Waals surface area (Å²) in [5.74, 6) is 1.45. The van der Waals surface area contributed by atoms with Gasteiger partial charge in [0.1, 0.15) is 5.82 Å². The summed E-state index contributed by atoms with van der Waals surface area (Å²) < 4.78 is 0. The molecule has 2 fully saturated rings. The SMILES string of the molecule is Nc1ccnc(N2CCC3(CC2)C[C@H](NC(=O)C2CCCCC2)c2ccccc23)c1. The zero-order valence-corrected chi connectivity index (χ0v) is 17.6. The lowest BCUT2D eigenvalue weighted by Crippen LogP contribution is -2.42. The van der Waals surface area contributed by atoms with Gasteiger partial charge in [0.2, 0.25) is 5.91 Å². The molecule has 5 nitrogen and oxygen atoms in total. The molecule has 3 aliphatic rings. The number of pyridine rings is 1. The van der Waals surface area contributed by atoms with Crippen LogP contribution in [0, 0.1) is 5.92 Å². The second kappa shape index (κ2) is 7.93. The third-order valence-electron chi connectivity index (χ3n) is 7.61. The number of nitrogens with zero attached hydrogens (tertiary/aromatic N) is 2. The summed E-state index contributed by atoms with van der Waals surface area (Å²) >= 11 is 0. The first kappa shape index (κ1) is 19.4. The molecule has 1 atom stereocenters. The van der Waals surface area contributed by atoms with Crippen molar-refractivity contribution in [2.24, 2.45) is 5.92 Å². The lowest BCUT2D eigenvalue weighted by Gasteiger charge is -2.41. The van der Waals surface area contributed by atoms with Crippen LogP contribution in [-0.4, -0.2) is 24.0 Å². The van der Waals surface area contributed by atoms with Gasteiger partial charge < -0.3 is 16.0 Å². The molecule has 0 radical (unpaired) electrons. The van der Waals surface area contributed by atoms with Crippen LogP contribution in [0.1, 0.15) is 68.5 Å². The fraction of sp³-hybridized carbons (Fsp3) is 0.520. The van der Waals surface area contributed by atoms with Crippen molar-refractivity contribution in [2.45, 2.75) is 62.8 Å². The summed E-state index contributed by atoms with van der Waals surface area (Å²) in [6, 6.07) is 12.7. The summed E-state index contributed by atoms with van der Waals surface area (Å²) in [6.07, 6.45) is 10.7. The lowest BCUT2D eigenvalue weighted by atomic mass is 9.73. The van der Waals surface area contributed by atoms with E-state index in [0.29, 0.717) is 0 Å². The van der Waals surface area contributed by atoms with Crippen molar-refractivity contribution in [2.75, 3.05) is 23.7 Å². The molecule has 0 unspecified atom stereocenters. The Morgan fingerprint density at radius 3 is 2.63 bits per heavy atom. The van der Waals surface area contributed by atoms with Gasteiger partial charge in [-0.25, -0.2) is 4.98 Å². The number of carbonyl (C=O) groups excluding carboxylic acids is 1. The van der Waals surface area contributed by atoms with Gasteiger partial charge in [-0.3, -0.25) is 4.79 Å². The molecule has 2 aromatic rings. The molecule has 0 bridgehead atoms. The van der Waals surface area contributed by atoms with Gasteiger partial charge in [-0.2, -0.15) is 0 Å². The normalized spacial score (nSPS) is 23.3. The van der Waals surface area contributed by atoms with Crippen LogP contribution in [0.5, 0.6) is 0 Å². The minimum atomic E-state index is 0.146. The fourth-order valence-electron chi connectivity index (χ4n) is 5.92. The van der Waals surface area contributed by atoms with E-state index in [4.69, 9.17) is 5.73 Å². The van der Waals surface area contributed by atoms with Crippen molar-refractivity contribution in [3.05, 3.63) is 53.7 Å². The minimum Gasteiger partial charge on any atom is -0.399 e. The van der Waals surface area contributed by atoms with E-state index in [9.17, 15) is 4.79 Å². The number of amides is 1. The standard InChI is InChI=1S/C25H32N4O/c26-19-10-13-27-23(16-19)29-14-11-25(12-15-29)17-22(20-8-4-5-9-21(20)25)28-24(30)18-6-2-1-3-7-18/h4-5,8-10,13,16,18,22H,1-3,6-7,11-12,14-15,17H2,(H2,26,27)(H,28,30)/t22-/m0/s1. The smallest absolute Gasteiger partial charge is 0.223 e. The monoisotopic (exact) mass is 404 g/mol. The van der Waals surface area contributed by atoms with Crippen LogP contribution in [0.15, 0.2) is 42.6 Å². The Labute approximate surface area is 179 Å². The Kier molecular flexibility index (Phi) is 5.13. The zero-order chi connectivity index (χ0) is 20.6. The van der Waals surface area contributed by atoms with Crippen LogP contribution in [0.25, 0.3) is 0 Å². The summed E-state index contributed by atoms with van der Waals surface area (Å²) in [5.41, 5.74) is 9.65. The van der Waals surface area contributed by atoms with Gasteiger partial charge in [0, 0.05) is 42.4 Å². The molecule has 2 heterocycles. The maximum Gasteiger partial charge on any atom is 0.223 e. The summed E-state index contributed by atoms with van der Waals surface area (Å²) in [5, 5.41) is 3.45. The Hall–Kier alpha value is -2.56. The molecule has 5 heteroatoms. The summed E-state index contributed by atoms with van der Waals surface area (Å²) in [7, 11) is 0. The van der Waals surface area contributed by atoms with Crippen LogP contribution < -0.4 is 16.0 Å². The predicted molar refractivity (Wildman–Crippen MR) is 120 cm³/mol. The van der Waals surface area contributed by atoms with E-state index in [1.165, 1.54) is 30.4 Å². The highest BCUT2D eigenvalue weighted by molar-refractivity contribution is 5.79. The topological polar surface area (TPSA) is 71.2 Å². The van der Waals surface area contributed by atoms with E-state index < -0.39 is 0 Å². The number of nitrogens with one attached hydrogen (secondary N) is 1. The number of rotatable bonds is 3. The Morgan fingerprint density at radius 2 is 1.87 bits per heavy atom. The number of aromatic nitrogens is 1. The number of nitrogens with two attached hydrogens (primary N) is 1. The molecule has 1 aromatic carbocycles. The highest BCUT2D eigenvalue weighted by Gasteiger charge is 2.46. The molecule has 2 aliphatic carbocycles. The van der Waals surface area contributed by atoms with E-state index in [1.807, 2.05) is 12.1 Å². The third kappa shape index (κ3) is 3.55. The second-order valence-corrected chi connectivity index (χ2v) is 9.40. The Morgan fingerprint density at radius 1 is 1.10 bits per heavy atom. The van der Waals surface area contributed by atoms with Gasteiger partial charge in [-0.05, 0) is 49.3 Å². The molecule has 1 saturated carbocycles. The summed E-state index contributed by atoms with van der Waals surface area (Å²) in [4.78, 5) is 19.8. The molecule has 30 heavy (non-hydrogen) atoms. The second-order valence-electron chi connectivity index (χ2n) is 9.40. The molecular weight excluding hydrogens is 372 g/mol. The van der Waals surface area contributed by atoms with Crippen molar-refractivity contribution < 1.29 is 4.79 Å². The zero-order valence-electron chi connectivity index (χ0n) is 17.6. The number of hydrogen-bond donors (Lipinski definition) is 2. The number of carbonyl (C=O) groups is 1. The molecular formula is C25H32N4O. The number of piperidine rings is 1. The first-order chi connectivity index (χ1) is 14.6. The van der Waals surface area contributed by atoms with Gasteiger partial charge in [0.15, 0.2) is 0 Å². The molecule has 5 rings (SSSR count). The van der Waals surface area contributed by atoms with Crippen LogP contribution in [0.2, 0.25) is 0 Å². The van der Waals surface area contributed by atoms with E-state index in [2.05, 4.69) is 39.5 Å². The molecule has 1 aromatic heterocycles. The third-order valence-corrected chi connectivity index (χ3v) is 7.61. The Balaban J connectivity index is 1.32. The van der Waals surface area contributed by atoms with Crippen LogP contribution in [0.3, 0.4) is 0 Å². The average molecular weight is 405 g/mol. The number of fused-ring (bicyclic) bond motifs is 2. The van der Waals surface area contributed by atoms with Gasteiger partial charge in [-0.1, -0.05) is 43.5 Å². The van der Waals surface area contributed by atoms with Gasteiger partial charge in [0.25, 0.3) is 0 Å². The Bertz CT molecular complexity index is 913. The molecule has 1 saturated heterocycles. The van der Waals surface area contributed by atoms with Crippen LogP contribution in [0.4, 0.5) is 11.5 Å². The molecule has 1 spiro atoms. The number of nitrogen functional groups attached to an aromatic ring is 1. The van der Waals surface area contributed by atoms with Crippen molar-refractivity contribution >= 4 is 17.4 Å². The van der Waals surface area contributed by atoms with Crippen molar-refractivity contribution in [1.29, 1.82) is 0 Å². The molecule has 3 N–H and O–H groups in total. The van der Waals surface area contributed by atoms with E-state index in [0.717, 1.165) is 56.7 Å². The number of hydrogen-bond acceptors (Lipinski definition) is 4. The van der Waals surface area contributed by atoms with Crippen molar-refractivity contribution in [1.82, 2.24) is 10.3 Å². The molecule has 158 valence electrons. The van der Waals surface area contributed by atoms with Gasteiger partial charge in [0.05, 0.1) is 6.04 Å². The number of benzene rings is 1. The van der Waals surface area contributed by atoms with Crippen molar-refractivity contribution in [3.63, 3.8) is 0 Å². The first-order valence-corrected chi connectivity index (χ1v) is 11.5. The highest BCUT2D eigenvalue weighted by Crippen LogP contribution is 2.51. The summed E-state index contributed by atoms with van der Waals surface area (Å²) in [6.45, 7) is 1.93. The molecule has 1 aliphatic heterocycles. The van der Waals surface area contributed by atoms with Gasteiger partial charge in [-0.15, -0.1) is 0 Å². The van der Waals surface area contributed by atoms with E-state index >= 15 is 0 Å². The van der Waals surface area contributed by atoms with Crippen molar-refractivity contribution in [3.8, 4) is 0 Å². The fourth-order valence-corrected chi connectivity index (χ4v) is 5.92. The number of anilines is 2.